The molecule has 22 heavy (non-hydrogen) atoms. The second kappa shape index (κ2) is 6.98. The molecule has 0 aromatic rings. The first-order chi connectivity index (χ1) is 10.6. The molecule has 0 bridgehead atoms. The molecule has 0 aromatic carbocycles. The van der Waals surface area contributed by atoms with Crippen molar-refractivity contribution in [3.05, 3.63) is 11.6 Å². The standard InChI is InChI=1S/C19H30F2O/c1-12-11-16(22)18(20)19(21)17(12)15-9-7-14(8-10-15)13-5-3-2-4-6-13/h9,12-14,16-19,22H,2-8,10-11H2,1H3. The fraction of sp³-hybridized carbons (Fsp3) is 0.895. The summed E-state index contributed by atoms with van der Waals surface area (Å²) in [6.07, 6.45) is 8.20. The van der Waals surface area contributed by atoms with Crippen LogP contribution < -0.4 is 0 Å². The maximum absolute atomic E-state index is 14.4. The van der Waals surface area contributed by atoms with Gasteiger partial charge in [-0.3, -0.25) is 0 Å². The Morgan fingerprint density at radius 1 is 1.00 bits per heavy atom. The van der Waals surface area contributed by atoms with Gasteiger partial charge in [-0.2, -0.15) is 0 Å². The highest BCUT2D eigenvalue weighted by Gasteiger charge is 2.45. The summed E-state index contributed by atoms with van der Waals surface area (Å²) in [4.78, 5) is 0. The average Bonchev–Trinajstić information content (AvgIpc) is 2.54. The third-order valence-corrected chi connectivity index (χ3v) is 6.47. The molecule has 0 heterocycles. The summed E-state index contributed by atoms with van der Waals surface area (Å²) in [5.41, 5.74) is 1.13. The van der Waals surface area contributed by atoms with E-state index < -0.39 is 18.4 Å². The molecular formula is C19H30F2O. The van der Waals surface area contributed by atoms with E-state index in [2.05, 4.69) is 6.08 Å². The van der Waals surface area contributed by atoms with Crippen molar-refractivity contribution in [3.8, 4) is 0 Å². The van der Waals surface area contributed by atoms with Crippen LogP contribution in [0.15, 0.2) is 11.6 Å². The van der Waals surface area contributed by atoms with Crippen molar-refractivity contribution in [2.75, 3.05) is 0 Å². The second-order valence-corrected chi connectivity index (χ2v) is 7.91. The molecule has 126 valence electrons. The zero-order chi connectivity index (χ0) is 15.7. The molecule has 6 atom stereocenters. The van der Waals surface area contributed by atoms with Crippen LogP contribution >= 0.6 is 0 Å². The number of halogens is 2. The molecule has 3 aliphatic rings. The van der Waals surface area contributed by atoms with Gasteiger partial charge in [-0.1, -0.05) is 50.7 Å². The minimum absolute atomic E-state index is 0.0366. The number of aliphatic hydroxyl groups excluding tert-OH is 1. The predicted molar refractivity (Wildman–Crippen MR) is 85.1 cm³/mol. The largest absolute Gasteiger partial charge is 0.390 e. The van der Waals surface area contributed by atoms with Crippen LogP contribution in [0.2, 0.25) is 0 Å². The molecule has 3 heteroatoms. The normalized spacial score (nSPS) is 44.6. The molecule has 0 saturated heterocycles. The summed E-state index contributed by atoms with van der Waals surface area (Å²) in [6, 6.07) is 0. The number of hydrogen-bond acceptors (Lipinski definition) is 1. The SMILES string of the molecule is CC1CC(O)C(F)C(F)C1C1=CCC(C2CCCCC2)CC1. The van der Waals surface area contributed by atoms with Crippen LogP contribution in [-0.4, -0.2) is 23.6 Å². The number of rotatable bonds is 2. The summed E-state index contributed by atoms with van der Waals surface area (Å²) in [6.45, 7) is 1.96. The third kappa shape index (κ3) is 3.25. The van der Waals surface area contributed by atoms with Crippen LogP contribution in [0.1, 0.15) is 64.7 Å². The van der Waals surface area contributed by atoms with E-state index >= 15 is 0 Å². The first-order valence-corrected chi connectivity index (χ1v) is 9.23. The summed E-state index contributed by atoms with van der Waals surface area (Å²) >= 11 is 0. The molecule has 3 aliphatic carbocycles. The first kappa shape index (κ1) is 16.4. The van der Waals surface area contributed by atoms with Gasteiger partial charge in [0.2, 0.25) is 0 Å². The lowest BCUT2D eigenvalue weighted by atomic mass is 9.67. The van der Waals surface area contributed by atoms with Crippen LogP contribution in [0.3, 0.4) is 0 Å². The van der Waals surface area contributed by atoms with Crippen molar-refractivity contribution in [2.45, 2.75) is 83.2 Å². The molecule has 0 radical (unpaired) electrons. The van der Waals surface area contributed by atoms with Crippen molar-refractivity contribution in [1.82, 2.24) is 0 Å². The van der Waals surface area contributed by atoms with Gasteiger partial charge in [0.25, 0.3) is 0 Å². The Balaban J connectivity index is 1.64. The Bertz CT molecular complexity index is 402. The Morgan fingerprint density at radius 2 is 1.73 bits per heavy atom. The van der Waals surface area contributed by atoms with E-state index in [1.165, 1.54) is 32.1 Å². The number of hydrogen-bond donors (Lipinski definition) is 1. The fourth-order valence-electron chi connectivity index (χ4n) is 5.16. The van der Waals surface area contributed by atoms with Crippen LogP contribution in [0.5, 0.6) is 0 Å². The van der Waals surface area contributed by atoms with Crippen LogP contribution in [-0.2, 0) is 0 Å². The molecule has 0 spiro atoms. The highest BCUT2D eigenvalue weighted by atomic mass is 19.2. The molecule has 0 aliphatic heterocycles. The van der Waals surface area contributed by atoms with Gasteiger partial charge >= 0.3 is 0 Å². The number of aliphatic hydroxyl groups is 1. The van der Waals surface area contributed by atoms with Gasteiger partial charge in [0.05, 0.1) is 6.10 Å². The Labute approximate surface area is 133 Å². The van der Waals surface area contributed by atoms with E-state index in [-0.39, 0.29) is 11.8 Å². The van der Waals surface area contributed by atoms with Crippen molar-refractivity contribution in [2.24, 2.45) is 23.7 Å². The fourth-order valence-corrected chi connectivity index (χ4v) is 5.16. The van der Waals surface area contributed by atoms with Crippen LogP contribution in [0.4, 0.5) is 8.78 Å². The number of alkyl halides is 2. The topological polar surface area (TPSA) is 20.2 Å². The molecular weight excluding hydrogens is 282 g/mol. The lowest BCUT2D eigenvalue weighted by Gasteiger charge is -2.41. The van der Waals surface area contributed by atoms with Crippen molar-refractivity contribution in [3.63, 3.8) is 0 Å². The van der Waals surface area contributed by atoms with E-state index in [4.69, 9.17) is 0 Å². The molecule has 1 nitrogen and oxygen atoms in total. The first-order valence-electron chi connectivity index (χ1n) is 9.23. The second-order valence-electron chi connectivity index (χ2n) is 7.91. The predicted octanol–water partition coefficient (Wildman–Crippen LogP) is 4.99. The van der Waals surface area contributed by atoms with Gasteiger partial charge in [0, 0.05) is 5.92 Å². The van der Waals surface area contributed by atoms with Gasteiger partial charge < -0.3 is 5.11 Å². The van der Waals surface area contributed by atoms with Gasteiger partial charge in [-0.25, -0.2) is 8.78 Å². The monoisotopic (exact) mass is 312 g/mol. The average molecular weight is 312 g/mol. The van der Waals surface area contributed by atoms with E-state index in [0.29, 0.717) is 6.42 Å². The Kier molecular flexibility index (Phi) is 5.21. The minimum atomic E-state index is -1.71. The number of allylic oxidation sites excluding steroid dienone is 2. The lowest BCUT2D eigenvalue weighted by molar-refractivity contribution is -0.0491. The van der Waals surface area contributed by atoms with Crippen molar-refractivity contribution in [1.29, 1.82) is 0 Å². The smallest absolute Gasteiger partial charge is 0.157 e. The minimum Gasteiger partial charge on any atom is -0.390 e. The Hall–Kier alpha value is -0.440. The quantitative estimate of drug-likeness (QED) is 0.712. The Morgan fingerprint density at radius 3 is 2.36 bits per heavy atom. The summed E-state index contributed by atoms with van der Waals surface area (Å²) in [5, 5.41) is 9.61. The summed E-state index contributed by atoms with van der Waals surface area (Å²) < 4.78 is 28.3. The van der Waals surface area contributed by atoms with Crippen molar-refractivity contribution >= 4 is 0 Å². The van der Waals surface area contributed by atoms with E-state index in [0.717, 1.165) is 36.7 Å². The van der Waals surface area contributed by atoms with E-state index in [9.17, 15) is 13.9 Å². The molecule has 2 saturated carbocycles. The molecule has 6 unspecified atom stereocenters. The highest BCUT2D eigenvalue weighted by Crippen LogP contribution is 2.44. The summed E-state index contributed by atoms with van der Waals surface area (Å²) in [7, 11) is 0. The lowest BCUT2D eigenvalue weighted by Crippen LogP contribution is -2.46. The highest BCUT2D eigenvalue weighted by molar-refractivity contribution is 5.16. The molecule has 0 aromatic heterocycles. The molecule has 1 N–H and O–H groups in total. The van der Waals surface area contributed by atoms with Gasteiger partial charge in [-0.15, -0.1) is 0 Å². The van der Waals surface area contributed by atoms with Crippen LogP contribution in [0.25, 0.3) is 0 Å². The van der Waals surface area contributed by atoms with Gasteiger partial charge in [-0.05, 0) is 43.4 Å². The van der Waals surface area contributed by atoms with E-state index in [1.807, 2.05) is 6.92 Å². The van der Waals surface area contributed by atoms with Crippen LogP contribution in [0, 0.1) is 23.7 Å². The zero-order valence-corrected chi connectivity index (χ0v) is 13.7. The molecule has 3 rings (SSSR count). The maximum Gasteiger partial charge on any atom is 0.157 e. The summed E-state index contributed by atoms with van der Waals surface area (Å²) in [5.74, 6) is 1.33. The molecule has 0 amide bonds. The van der Waals surface area contributed by atoms with Crippen molar-refractivity contribution < 1.29 is 13.9 Å². The van der Waals surface area contributed by atoms with E-state index in [1.54, 1.807) is 0 Å². The van der Waals surface area contributed by atoms with Gasteiger partial charge in [0.15, 0.2) is 6.17 Å². The zero-order valence-electron chi connectivity index (χ0n) is 13.7. The van der Waals surface area contributed by atoms with Gasteiger partial charge in [0.1, 0.15) is 6.17 Å². The maximum atomic E-state index is 14.4. The third-order valence-electron chi connectivity index (χ3n) is 6.47. The molecule has 2 fully saturated rings.